The number of rotatable bonds is 3. The molecule has 0 bridgehead atoms. The van der Waals surface area contributed by atoms with E-state index in [-0.39, 0.29) is 10.9 Å². The Hall–Kier alpha value is -3.64. The lowest BCUT2D eigenvalue weighted by Gasteiger charge is -2.10. The van der Waals surface area contributed by atoms with Crippen molar-refractivity contribution in [2.45, 2.75) is 6.36 Å². The fourth-order valence-corrected chi connectivity index (χ4v) is 2.35. The number of carbonyl (C=O) groups is 1. The number of halogens is 8. The topological polar surface area (TPSA) is 68.4 Å². The lowest BCUT2D eigenvalue weighted by Crippen LogP contribution is -2.23. The molecule has 0 spiro atoms. The second-order valence-electron chi connectivity index (χ2n) is 5.60. The van der Waals surface area contributed by atoms with Gasteiger partial charge in [0.25, 0.3) is 5.56 Å². The van der Waals surface area contributed by atoms with Crippen molar-refractivity contribution >= 4 is 16.9 Å². The van der Waals surface area contributed by atoms with Gasteiger partial charge in [-0.3, -0.25) is 4.79 Å². The number of hydrogen-bond acceptors (Lipinski definition) is 4. The van der Waals surface area contributed by atoms with Gasteiger partial charge in [-0.2, -0.15) is 8.78 Å². The van der Waals surface area contributed by atoms with E-state index in [1.54, 1.807) is 0 Å². The van der Waals surface area contributed by atoms with Gasteiger partial charge < -0.3 is 14.5 Å². The van der Waals surface area contributed by atoms with Crippen molar-refractivity contribution in [2.24, 2.45) is 0 Å². The molecule has 5 nitrogen and oxygen atoms in total. The fourth-order valence-electron chi connectivity index (χ4n) is 2.35. The van der Waals surface area contributed by atoms with Gasteiger partial charge in [-0.1, -0.05) is 0 Å². The number of aromatic amines is 1. The smallest absolute Gasteiger partial charge is 0.416 e. The zero-order valence-corrected chi connectivity index (χ0v) is 14.0. The number of benzene rings is 2. The predicted molar refractivity (Wildman–Crippen MR) is 82.4 cm³/mol. The summed E-state index contributed by atoms with van der Waals surface area (Å²) in [5.74, 6) is -16.5. The van der Waals surface area contributed by atoms with Crippen molar-refractivity contribution in [3.8, 4) is 11.5 Å². The molecule has 0 unspecified atom stereocenters. The number of pyridine rings is 1. The second kappa shape index (κ2) is 7.31. The molecular formula is C17H5F8NO4. The summed E-state index contributed by atoms with van der Waals surface area (Å²) < 4.78 is 111. The molecule has 0 aliphatic carbocycles. The first-order valence-corrected chi connectivity index (χ1v) is 7.55. The molecule has 1 aromatic heterocycles. The Bertz CT molecular complexity index is 1210. The molecule has 0 aliphatic heterocycles. The van der Waals surface area contributed by atoms with E-state index in [1.165, 1.54) is 0 Å². The summed E-state index contributed by atoms with van der Waals surface area (Å²) in [5, 5.41) is -0.0338. The molecule has 3 aromatic rings. The predicted octanol–water partition coefficient (Wildman–Crippen LogP) is 4.34. The molecule has 30 heavy (non-hydrogen) atoms. The van der Waals surface area contributed by atoms with Crippen molar-refractivity contribution in [2.75, 3.05) is 0 Å². The van der Waals surface area contributed by atoms with E-state index in [9.17, 15) is 44.7 Å². The molecule has 158 valence electrons. The van der Waals surface area contributed by atoms with Crippen LogP contribution in [0, 0.1) is 29.1 Å². The van der Waals surface area contributed by atoms with E-state index in [2.05, 4.69) is 9.47 Å². The van der Waals surface area contributed by atoms with Crippen molar-refractivity contribution in [3.63, 3.8) is 0 Å². The maximum atomic E-state index is 13.6. The molecule has 0 saturated heterocycles. The standard InChI is InChI=1S/C17H5F8NO4/c18-9-10(19)12(21)14(13(22)11(9)20)29-16(28)7-3-5-1-2-6(30-17(23,24)25)4-8(5)26-15(7)27/h1-4H,(H,26,27). The number of aromatic nitrogens is 1. The largest absolute Gasteiger partial charge is 0.573 e. The van der Waals surface area contributed by atoms with E-state index in [4.69, 9.17) is 0 Å². The molecule has 0 fully saturated rings. The molecule has 0 atom stereocenters. The molecule has 2 aromatic carbocycles. The highest BCUT2D eigenvalue weighted by Gasteiger charge is 2.31. The Balaban J connectivity index is 2.00. The van der Waals surface area contributed by atoms with Gasteiger partial charge >= 0.3 is 12.3 Å². The van der Waals surface area contributed by atoms with Gasteiger partial charge in [0, 0.05) is 6.07 Å². The van der Waals surface area contributed by atoms with Crippen LogP contribution in [0.15, 0.2) is 29.1 Å². The minimum Gasteiger partial charge on any atom is -0.416 e. The third-order valence-corrected chi connectivity index (χ3v) is 3.64. The molecule has 0 amide bonds. The summed E-state index contributed by atoms with van der Waals surface area (Å²) in [4.78, 5) is 26.1. The van der Waals surface area contributed by atoms with E-state index in [0.29, 0.717) is 0 Å². The number of hydrogen-bond donors (Lipinski definition) is 1. The van der Waals surface area contributed by atoms with E-state index in [0.717, 1.165) is 24.3 Å². The first kappa shape index (κ1) is 21.1. The Morgan fingerprint density at radius 2 is 1.43 bits per heavy atom. The first-order valence-electron chi connectivity index (χ1n) is 7.55. The first-order chi connectivity index (χ1) is 13.9. The second-order valence-corrected chi connectivity index (χ2v) is 5.60. The van der Waals surface area contributed by atoms with E-state index in [1.807, 2.05) is 4.98 Å². The molecular weight excluding hydrogens is 434 g/mol. The van der Waals surface area contributed by atoms with E-state index >= 15 is 0 Å². The number of ether oxygens (including phenoxy) is 2. The summed E-state index contributed by atoms with van der Waals surface area (Å²) in [6.45, 7) is 0. The van der Waals surface area contributed by atoms with Crippen LogP contribution in [0.4, 0.5) is 35.1 Å². The van der Waals surface area contributed by atoms with Crippen LogP contribution >= 0.6 is 0 Å². The third kappa shape index (κ3) is 3.90. The molecule has 0 aliphatic rings. The van der Waals surface area contributed by atoms with Crippen LogP contribution in [-0.2, 0) is 0 Å². The summed E-state index contributed by atoms with van der Waals surface area (Å²) in [6, 6.07) is 3.40. The third-order valence-electron chi connectivity index (χ3n) is 3.64. The van der Waals surface area contributed by atoms with Gasteiger partial charge in [-0.15, -0.1) is 13.2 Å². The molecule has 1 heterocycles. The van der Waals surface area contributed by atoms with Crippen LogP contribution in [0.1, 0.15) is 10.4 Å². The highest BCUT2D eigenvalue weighted by atomic mass is 19.4. The number of nitrogens with one attached hydrogen (secondary N) is 1. The van der Waals surface area contributed by atoms with Crippen molar-refractivity contribution in [1.29, 1.82) is 0 Å². The summed E-state index contributed by atoms with van der Waals surface area (Å²) in [7, 11) is 0. The minimum atomic E-state index is -5.01. The number of esters is 1. The monoisotopic (exact) mass is 439 g/mol. The van der Waals surface area contributed by atoms with Crippen LogP contribution in [0.3, 0.4) is 0 Å². The van der Waals surface area contributed by atoms with Crippen LogP contribution in [0.2, 0.25) is 0 Å². The van der Waals surface area contributed by atoms with Gasteiger partial charge in [-0.05, 0) is 23.6 Å². The molecule has 13 heteroatoms. The van der Waals surface area contributed by atoms with Gasteiger partial charge in [0.1, 0.15) is 11.3 Å². The molecule has 1 N–H and O–H groups in total. The fraction of sp³-hybridized carbons (Fsp3) is 0.0588. The van der Waals surface area contributed by atoms with Crippen LogP contribution < -0.4 is 15.0 Å². The molecule has 0 saturated carbocycles. The number of H-pyrrole nitrogens is 1. The highest BCUT2D eigenvalue weighted by molar-refractivity contribution is 5.95. The van der Waals surface area contributed by atoms with Gasteiger partial charge in [0.05, 0.1) is 5.52 Å². The maximum absolute atomic E-state index is 13.6. The average molecular weight is 439 g/mol. The van der Waals surface area contributed by atoms with Crippen LogP contribution in [0.25, 0.3) is 10.9 Å². The molecule has 3 rings (SSSR count). The summed E-state index contributed by atoms with van der Waals surface area (Å²) >= 11 is 0. The van der Waals surface area contributed by atoms with E-state index < -0.39 is 64.0 Å². The zero-order valence-electron chi connectivity index (χ0n) is 14.0. The quantitative estimate of drug-likeness (QED) is 0.217. The lowest BCUT2D eigenvalue weighted by molar-refractivity contribution is -0.274. The normalized spacial score (nSPS) is 11.6. The van der Waals surface area contributed by atoms with Crippen LogP contribution in [-0.4, -0.2) is 17.3 Å². The number of carbonyl (C=O) groups excluding carboxylic acids is 1. The SMILES string of the molecule is O=C(Oc1c(F)c(F)c(F)c(F)c1F)c1cc2ccc(OC(F)(F)F)cc2[nH]c1=O. The Morgan fingerprint density at radius 3 is 2.00 bits per heavy atom. The van der Waals surface area contributed by atoms with Gasteiger partial charge in [0.2, 0.25) is 34.8 Å². The lowest BCUT2D eigenvalue weighted by atomic mass is 10.1. The number of fused-ring (bicyclic) bond motifs is 1. The summed E-state index contributed by atoms with van der Waals surface area (Å²) in [5.41, 5.74) is -2.41. The Labute approximate surface area is 159 Å². The Kier molecular flexibility index (Phi) is 5.14. The average Bonchev–Trinajstić information content (AvgIpc) is 2.66. The van der Waals surface area contributed by atoms with Gasteiger partial charge in [-0.25, -0.2) is 18.0 Å². The maximum Gasteiger partial charge on any atom is 0.573 e. The highest BCUT2D eigenvalue weighted by Crippen LogP contribution is 2.30. The minimum absolute atomic E-state index is 0.0338. The zero-order chi connectivity index (χ0) is 22.4. The summed E-state index contributed by atoms with van der Waals surface area (Å²) in [6.07, 6.45) is -5.01. The van der Waals surface area contributed by atoms with Crippen LogP contribution in [0.5, 0.6) is 11.5 Å². The van der Waals surface area contributed by atoms with Crippen molar-refractivity contribution in [3.05, 3.63) is 69.3 Å². The number of alkyl halides is 3. The molecule has 0 radical (unpaired) electrons. The van der Waals surface area contributed by atoms with Crippen molar-refractivity contribution < 1.29 is 49.4 Å². The van der Waals surface area contributed by atoms with Crippen molar-refractivity contribution in [1.82, 2.24) is 4.98 Å². The Morgan fingerprint density at radius 1 is 0.867 bits per heavy atom. The van der Waals surface area contributed by atoms with Gasteiger partial charge in [0.15, 0.2) is 0 Å².